The third-order valence-electron chi connectivity index (χ3n) is 4.44. The summed E-state index contributed by atoms with van der Waals surface area (Å²) in [6.45, 7) is 4.02. The van der Waals surface area contributed by atoms with Gasteiger partial charge in [0.15, 0.2) is 0 Å². The van der Waals surface area contributed by atoms with Gasteiger partial charge in [0.1, 0.15) is 22.0 Å². The van der Waals surface area contributed by atoms with Gasteiger partial charge in [-0.2, -0.15) is 0 Å². The lowest BCUT2D eigenvalue weighted by atomic mass is 10.1. The molecule has 0 radical (unpaired) electrons. The number of thiazole rings is 1. The minimum absolute atomic E-state index is 0.144. The Hall–Kier alpha value is -2.97. The highest BCUT2D eigenvalue weighted by molar-refractivity contribution is 8.00. The molecule has 2 heterocycles. The van der Waals surface area contributed by atoms with E-state index in [0.29, 0.717) is 16.5 Å². The molecule has 0 saturated heterocycles. The Bertz CT molecular complexity index is 1210. The Morgan fingerprint density at radius 2 is 1.87 bits per heavy atom. The van der Waals surface area contributed by atoms with Crippen molar-refractivity contribution in [2.24, 2.45) is 0 Å². The SMILES string of the molecule is COc1ccccc1NC(=O)CSc1nnc(-c2ccc(C)cc2)c2sc(C)nc12. The Morgan fingerprint density at radius 1 is 1.10 bits per heavy atom. The van der Waals surface area contributed by atoms with Crippen LogP contribution in [0.15, 0.2) is 53.6 Å². The Balaban J connectivity index is 1.56. The van der Waals surface area contributed by atoms with Crippen LogP contribution in [0.5, 0.6) is 5.75 Å². The lowest BCUT2D eigenvalue weighted by Crippen LogP contribution is -2.14. The van der Waals surface area contributed by atoms with Crippen LogP contribution in [0.2, 0.25) is 0 Å². The molecular formula is C22H20N4O2S2. The highest BCUT2D eigenvalue weighted by Crippen LogP contribution is 2.35. The molecule has 8 heteroatoms. The van der Waals surface area contributed by atoms with Crippen molar-refractivity contribution >= 4 is 44.9 Å². The molecule has 0 bridgehead atoms. The predicted molar refractivity (Wildman–Crippen MR) is 122 cm³/mol. The zero-order chi connectivity index (χ0) is 21.1. The quantitative estimate of drug-likeness (QED) is 0.423. The molecule has 6 nitrogen and oxygen atoms in total. The van der Waals surface area contributed by atoms with Gasteiger partial charge in [0.05, 0.1) is 28.3 Å². The second-order valence-electron chi connectivity index (χ2n) is 6.67. The van der Waals surface area contributed by atoms with E-state index in [-0.39, 0.29) is 11.7 Å². The smallest absolute Gasteiger partial charge is 0.234 e. The summed E-state index contributed by atoms with van der Waals surface area (Å²) in [5.41, 5.74) is 4.45. The van der Waals surface area contributed by atoms with Crippen molar-refractivity contribution in [3.8, 4) is 17.0 Å². The topological polar surface area (TPSA) is 77.0 Å². The number of thioether (sulfide) groups is 1. The van der Waals surface area contributed by atoms with E-state index < -0.39 is 0 Å². The maximum Gasteiger partial charge on any atom is 0.234 e. The molecule has 4 rings (SSSR count). The Kier molecular flexibility index (Phi) is 5.96. The van der Waals surface area contributed by atoms with E-state index in [1.54, 1.807) is 30.6 Å². The van der Waals surface area contributed by atoms with Crippen molar-refractivity contribution in [1.82, 2.24) is 15.2 Å². The van der Waals surface area contributed by atoms with Crippen molar-refractivity contribution in [3.05, 3.63) is 59.1 Å². The van der Waals surface area contributed by atoms with Crippen LogP contribution in [0, 0.1) is 13.8 Å². The number of fused-ring (bicyclic) bond motifs is 1. The van der Waals surface area contributed by atoms with Crippen molar-refractivity contribution < 1.29 is 9.53 Å². The van der Waals surface area contributed by atoms with E-state index in [1.807, 2.05) is 31.2 Å². The monoisotopic (exact) mass is 436 g/mol. The first-order valence-corrected chi connectivity index (χ1v) is 11.1. The number of nitrogens with one attached hydrogen (secondary N) is 1. The summed E-state index contributed by atoms with van der Waals surface area (Å²) in [4.78, 5) is 17.1. The third kappa shape index (κ3) is 4.29. The van der Waals surface area contributed by atoms with Gasteiger partial charge in [0, 0.05) is 5.56 Å². The summed E-state index contributed by atoms with van der Waals surface area (Å²) in [6.07, 6.45) is 0. The number of benzene rings is 2. The van der Waals surface area contributed by atoms with Gasteiger partial charge < -0.3 is 10.1 Å². The van der Waals surface area contributed by atoms with Gasteiger partial charge in [-0.1, -0.05) is 53.7 Å². The van der Waals surface area contributed by atoms with Crippen LogP contribution >= 0.6 is 23.1 Å². The number of aromatic nitrogens is 3. The van der Waals surface area contributed by atoms with Crippen LogP contribution in [-0.4, -0.2) is 34.0 Å². The molecule has 4 aromatic rings. The third-order valence-corrected chi connectivity index (χ3v) is 6.37. The van der Waals surface area contributed by atoms with Crippen molar-refractivity contribution in [2.45, 2.75) is 18.9 Å². The summed E-state index contributed by atoms with van der Waals surface area (Å²) in [7, 11) is 1.58. The minimum atomic E-state index is -0.144. The molecule has 2 aromatic heterocycles. The molecule has 152 valence electrons. The van der Waals surface area contributed by atoms with Gasteiger partial charge >= 0.3 is 0 Å². The van der Waals surface area contributed by atoms with Gasteiger partial charge in [-0.15, -0.1) is 21.5 Å². The summed E-state index contributed by atoms with van der Waals surface area (Å²) in [5, 5.41) is 13.3. The van der Waals surface area contributed by atoms with Crippen LogP contribution in [0.25, 0.3) is 21.5 Å². The molecule has 1 amide bonds. The van der Waals surface area contributed by atoms with Gasteiger partial charge in [-0.05, 0) is 26.0 Å². The minimum Gasteiger partial charge on any atom is -0.495 e. The van der Waals surface area contributed by atoms with E-state index >= 15 is 0 Å². The van der Waals surface area contributed by atoms with Gasteiger partial charge in [-0.25, -0.2) is 4.98 Å². The number of hydrogen-bond donors (Lipinski definition) is 1. The molecule has 0 spiro atoms. The molecule has 1 N–H and O–H groups in total. The number of methoxy groups -OCH3 is 1. The molecule has 0 atom stereocenters. The molecule has 0 saturated carbocycles. The average Bonchev–Trinajstić information content (AvgIpc) is 3.14. The maximum absolute atomic E-state index is 12.5. The first kappa shape index (κ1) is 20.3. The molecule has 30 heavy (non-hydrogen) atoms. The van der Waals surface area contributed by atoms with E-state index in [9.17, 15) is 4.79 Å². The zero-order valence-corrected chi connectivity index (χ0v) is 18.4. The first-order chi connectivity index (χ1) is 14.5. The van der Waals surface area contributed by atoms with Gasteiger partial charge in [-0.3, -0.25) is 4.79 Å². The lowest BCUT2D eigenvalue weighted by Gasteiger charge is -2.09. The number of amides is 1. The Labute approximate surface area is 182 Å². The summed E-state index contributed by atoms with van der Waals surface area (Å²) in [6, 6.07) is 15.5. The highest BCUT2D eigenvalue weighted by atomic mass is 32.2. The normalized spacial score (nSPS) is 10.9. The second-order valence-corrected chi connectivity index (χ2v) is 8.83. The number of hydrogen-bond acceptors (Lipinski definition) is 7. The lowest BCUT2D eigenvalue weighted by molar-refractivity contribution is -0.113. The van der Waals surface area contributed by atoms with Crippen LogP contribution in [0.4, 0.5) is 5.69 Å². The van der Waals surface area contributed by atoms with Gasteiger partial charge in [0.25, 0.3) is 0 Å². The fourth-order valence-corrected chi connectivity index (χ4v) is 4.70. The van der Waals surface area contributed by atoms with E-state index in [1.165, 1.54) is 17.3 Å². The van der Waals surface area contributed by atoms with Gasteiger partial charge in [0.2, 0.25) is 5.91 Å². The number of para-hydroxylation sites is 2. The first-order valence-electron chi connectivity index (χ1n) is 9.31. The fraction of sp³-hybridized carbons (Fsp3) is 0.182. The summed E-state index contributed by atoms with van der Waals surface area (Å²) in [5.74, 6) is 0.673. The number of carbonyl (C=O) groups excluding carboxylic acids is 1. The van der Waals surface area contributed by atoms with Crippen molar-refractivity contribution in [2.75, 3.05) is 18.2 Å². The molecule has 0 aliphatic rings. The average molecular weight is 437 g/mol. The second kappa shape index (κ2) is 8.81. The number of rotatable bonds is 6. The summed E-state index contributed by atoms with van der Waals surface area (Å²) < 4.78 is 6.26. The molecular weight excluding hydrogens is 416 g/mol. The summed E-state index contributed by atoms with van der Waals surface area (Å²) >= 11 is 2.92. The van der Waals surface area contributed by atoms with Crippen molar-refractivity contribution in [1.29, 1.82) is 0 Å². The molecule has 0 aliphatic heterocycles. The maximum atomic E-state index is 12.5. The number of carbonyl (C=O) groups is 1. The number of anilines is 1. The molecule has 2 aromatic carbocycles. The van der Waals surface area contributed by atoms with E-state index in [4.69, 9.17) is 4.74 Å². The van der Waals surface area contributed by atoms with E-state index in [0.717, 1.165) is 26.5 Å². The zero-order valence-electron chi connectivity index (χ0n) is 16.8. The fourth-order valence-electron chi connectivity index (χ4n) is 2.99. The number of aryl methyl sites for hydroxylation is 2. The highest BCUT2D eigenvalue weighted by Gasteiger charge is 2.17. The van der Waals surface area contributed by atoms with Crippen LogP contribution in [-0.2, 0) is 4.79 Å². The largest absolute Gasteiger partial charge is 0.495 e. The molecule has 0 aliphatic carbocycles. The van der Waals surface area contributed by atoms with Crippen LogP contribution in [0.1, 0.15) is 10.6 Å². The number of nitrogens with zero attached hydrogens (tertiary/aromatic N) is 3. The Morgan fingerprint density at radius 3 is 2.63 bits per heavy atom. The standard InChI is InChI=1S/C22H20N4O2S2/c1-13-8-10-15(11-9-13)19-21-20(23-14(2)30-21)22(26-25-19)29-12-18(27)24-16-6-4-5-7-17(16)28-3/h4-11H,12H2,1-3H3,(H,24,27). The number of ether oxygens (including phenoxy) is 1. The van der Waals surface area contributed by atoms with Crippen LogP contribution < -0.4 is 10.1 Å². The molecule has 0 unspecified atom stereocenters. The van der Waals surface area contributed by atoms with Crippen molar-refractivity contribution in [3.63, 3.8) is 0 Å². The van der Waals surface area contributed by atoms with E-state index in [2.05, 4.69) is 39.6 Å². The molecule has 0 fully saturated rings. The van der Waals surface area contributed by atoms with Crippen LogP contribution in [0.3, 0.4) is 0 Å². The predicted octanol–water partition coefficient (Wildman–Crippen LogP) is 5.11.